The molecule has 0 bridgehead atoms. The Morgan fingerprint density at radius 3 is 2.55 bits per heavy atom. The Hall–Kier alpha value is -3.29. The number of methoxy groups -OCH3 is 1. The number of carbonyl (C=O) groups excluding carboxylic acids is 2. The Morgan fingerprint density at radius 2 is 1.82 bits per heavy atom. The van der Waals surface area contributed by atoms with E-state index in [0.29, 0.717) is 29.2 Å². The van der Waals surface area contributed by atoms with Crippen molar-refractivity contribution < 1.29 is 23.5 Å². The van der Waals surface area contributed by atoms with E-state index >= 15 is 0 Å². The minimum absolute atomic E-state index is 0.0326. The van der Waals surface area contributed by atoms with E-state index in [9.17, 15) is 14.0 Å². The lowest BCUT2D eigenvalue weighted by molar-refractivity contribution is -0.123. The van der Waals surface area contributed by atoms with Crippen molar-refractivity contribution >= 4 is 40.6 Å². The van der Waals surface area contributed by atoms with E-state index in [-0.39, 0.29) is 16.5 Å². The molecule has 2 amide bonds. The molecule has 3 aromatic carbocycles. The first-order valence-corrected chi connectivity index (χ1v) is 11.2. The van der Waals surface area contributed by atoms with Crippen molar-refractivity contribution in [2.75, 3.05) is 7.11 Å². The van der Waals surface area contributed by atoms with Gasteiger partial charge in [0.2, 0.25) is 0 Å². The van der Waals surface area contributed by atoms with Crippen molar-refractivity contribution in [3.05, 3.63) is 99.2 Å². The molecule has 0 spiro atoms. The van der Waals surface area contributed by atoms with Crippen LogP contribution in [-0.4, -0.2) is 23.2 Å². The van der Waals surface area contributed by atoms with E-state index in [4.69, 9.17) is 21.1 Å². The first kappa shape index (κ1) is 22.9. The summed E-state index contributed by atoms with van der Waals surface area (Å²) in [6, 6.07) is 18.8. The van der Waals surface area contributed by atoms with E-state index < -0.39 is 17.0 Å². The number of hydrogen-bond donors (Lipinski definition) is 0. The van der Waals surface area contributed by atoms with E-state index in [1.165, 1.54) is 12.1 Å². The summed E-state index contributed by atoms with van der Waals surface area (Å²) in [7, 11) is 1.55. The van der Waals surface area contributed by atoms with Gasteiger partial charge in [0.25, 0.3) is 11.1 Å². The minimum Gasteiger partial charge on any atom is -0.493 e. The second kappa shape index (κ2) is 10.1. The van der Waals surface area contributed by atoms with Gasteiger partial charge in [-0.25, -0.2) is 4.39 Å². The van der Waals surface area contributed by atoms with E-state index in [1.54, 1.807) is 31.4 Å². The molecular formula is C25H19ClFNO4S. The van der Waals surface area contributed by atoms with Crippen LogP contribution in [0.25, 0.3) is 6.08 Å². The van der Waals surface area contributed by atoms with Gasteiger partial charge in [-0.05, 0) is 58.8 Å². The molecule has 0 aliphatic carbocycles. The van der Waals surface area contributed by atoms with Gasteiger partial charge in [0.1, 0.15) is 12.4 Å². The van der Waals surface area contributed by atoms with Crippen LogP contribution in [0.3, 0.4) is 0 Å². The lowest BCUT2D eigenvalue weighted by Gasteiger charge is -2.13. The Bertz CT molecular complexity index is 1230. The Morgan fingerprint density at radius 1 is 1.03 bits per heavy atom. The number of rotatable bonds is 7. The molecule has 1 saturated heterocycles. The van der Waals surface area contributed by atoms with E-state index in [0.717, 1.165) is 28.3 Å². The van der Waals surface area contributed by atoms with Gasteiger partial charge in [0, 0.05) is 5.02 Å². The molecule has 1 fully saturated rings. The highest BCUT2D eigenvalue weighted by Crippen LogP contribution is 2.36. The van der Waals surface area contributed by atoms with E-state index in [1.807, 2.05) is 30.3 Å². The molecule has 0 radical (unpaired) electrons. The molecule has 0 aromatic heterocycles. The maximum Gasteiger partial charge on any atom is 0.293 e. The second-order valence-electron chi connectivity index (χ2n) is 7.19. The monoisotopic (exact) mass is 483 g/mol. The third-order valence-electron chi connectivity index (χ3n) is 4.94. The van der Waals surface area contributed by atoms with Crippen molar-refractivity contribution in [3.63, 3.8) is 0 Å². The van der Waals surface area contributed by atoms with Gasteiger partial charge in [0.15, 0.2) is 11.5 Å². The predicted octanol–water partition coefficient (Wildman–Crippen LogP) is 6.30. The first-order chi connectivity index (χ1) is 15.9. The molecule has 0 unspecified atom stereocenters. The largest absolute Gasteiger partial charge is 0.493 e. The van der Waals surface area contributed by atoms with Crippen LogP contribution in [0.15, 0.2) is 71.6 Å². The van der Waals surface area contributed by atoms with Crippen molar-refractivity contribution in [2.45, 2.75) is 13.2 Å². The normalized spacial score (nSPS) is 14.8. The molecule has 0 saturated carbocycles. The lowest BCUT2D eigenvalue weighted by atomic mass is 10.1. The third kappa shape index (κ3) is 5.38. The number of hydrogen-bond acceptors (Lipinski definition) is 5. The van der Waals surface area contributed by atoms with Crippen LogP contribution in [0, 0.1) is 5.82 Å². The van der Waals surface area contributed by atoms with Gasteiger partial charge in [-0.15, -0.1) is 0 Å². The number of halogens is 2. The number of benzene rings is 3. The zero-order chi connectivity index (χ0) is 23.4. The van der Waals surface area contributed by atoms with Crippen LogP contribution < -0.4 is 9.47 Å². The van der Waals surface area contributed by atoms with Crippen LogP contribution in [-0.2, 0) is 17.9 Å². The van der Waals surface area contributed by atoms with Crippen LogP contribution in [0.4, 0.5) is 9.18 Å². The van der Waals surface area contributed by atoms with Gasteiger partial charge in [-0.1, -0.05) is 54.1 Å². The highest BCUT2D eigenvalue weighted by Gasteiger charge is 2.35. The number of amides is 2. The van der Waals surface area contributed by atoms with Crippen molar-refractivity contribution in [1.82, 2.24) is 4.90 Å². The molecule has 1 aliphatic heterocycles. The molecular weight excluding hydrogens is 465 g/mol. The van der Waals surface area contributed by atoms with Crippen LogP contribution in [0.2, 0.25) is 5.02 Å². The number of carbonyl (C=O) groups is 2. The summed E-state index contributed by atoms with van der Waals surface area (Å²) in [5.41, 5.74) is 2.18. The average molecular weight is 484 g/mol. The Kier molecular flexibility index (Phi) is 7.01. The van der Waals surface area contributed by atoms with Gasteiger partial charge in [-0.3, -0.25) is 14.5 Å². The predicted molar refractivity (Wildman–Crippen MR) is 127 cm³/mol. The van der Waals surface area contributed by atoms with Crippen molar-refractivity contribution in [3.8, 4) is 11.5 Å². The summed E-state index contributed by atoms with van der Waals surface area (Å²) in [5, 5.41) is -0.255. The topological polar surface area (TPSA) is 55.8 Å². The molecule has 0 N–H and O–H groups in total. The van der Waals surface area contributed by atoms with Gasteiger partial charge >= 0.3 is 0 Å². The summed E-state index contributed by atoms with van der Waals surface area (Å²) in [6.07, 6.45) is 1.63. The standard InChI is InChI=1S/C25H19ClFNO4S/c1-31-21-10-7-17(11-22(21)32-15-16-5-3-2-4-6-16)12-23-24(29)28(25(30)33-23)14-18-8-9-19(27)13-20(18)26/h2-13H,14-15H2,1H3/b23-12-. The molecule has 0 atom stereocenters. The summed E-state index contributed by atoms with van der Waals surface area (Å²) in [4.78, 5) is 26.7. The molecule has 4 rings (SSSR count). The van der Waals surface area contributed by atoms with Crippen LogP contribution in [0.1, 0.15) is 16.7 Å². The SMILES string of the molecule is COc1ccc(/C=C2\SC(=O)N(Cc3ccc(F)cc3Cl)C2=O)cc1OCc1ccccc1. The fourth-order valence-corrected chi connectivity index (χ4v) is 4.30. The quantitative estimate of drug-likeness (QED) is 0.369. The second-order valence-corrected chi connectivity index (χ2v) is 8.59. The van der Waals surface area contributed by atoms with Gasteiger partial charge in [0.05, 0.1) is 18.6 Å². The molecule has 8 heteroatoms. The van der Waals surface area contributed by atoms with Gasteiger partial charge in [-0.2, -0.15) is 0 Å². The molecule has 1 aliphatic rings. The fourth-order valence-electron chi connectivity index (χ4n) is 3.24. The molecule has 3 aromatic rings. The number of ether oxygens (including phenoxy) is 2. The van der Waals surface area contributed by atoms with Crippen LogP contribution in [0.5, 0.6) is 11.5 Å². The fraction of sp³-hybridized carbons (Fsp3) is 0.120. The lowest BCUT2D eigenvalue weighted by Crippen LogP contribution is -2.27. The molecule has 5 nitrogen and oxygen atoms in total. The number of thioether (sulfide) groups is 1. The zero-order valence-corrected chi connectivity index (χ0v) is 19.2. The number of nitrogens with zero attached hydrogens (tertiary/aromatic N) is 1. The Balaban J connectivity index is 1.53. The van der Waals surface area contributed by atoms with E-state index in [2.05, 4.69) is 0 Å². The summed E-state index contributed by atoms with van der Waals surface area (Å²) >= 11 is 6.89. The minimum atomic E-state index is -0.484. The highest BCUT2D eigenvalue weighted by atomic mass is 35.5. The van der Waals surface area contributed by atoms with Gasteiger partial charge < -0.3 is 9.47 Å². The third-order valence-corrected chi connectivity index (χ3v) is 6.20. The smallest absolute Gasteiger partial charge is 0.293 e. The summed E-state index contributed by atoms with van der Waals surface area (Å²) in [5.74, 6) is 0.158. The maximum absolute atomic E-state index is 13.3. The summed E-state index contributed by atoms with van der Waals surface area (Å²) in [6.45, 7) is 0.324. The Labute approximate surface area is 199 Å². The first-order valence-electron chi connectivity index (χ1n) is 9.98. The molecule has 33 heavy (non-hydrogen) atoms. The maximum atomic E-state index is 13.3. The van der Waals surface area contributed by atoms with Crippen LogP contribution >= 0.6 is 23.4 Å². The molecule has 1 heterocycles. The highest BCUT2D eigenvalue weighted by molar-refractivity contribution is 8.18. The molecule has 168 valence electrons. The van der Waals surface area contributed by atoms with Crippen molar-refractivity contribution in [2.24, 2.45) is 0 Å². The average Bonchev–Trinajstić information content (AvgIpc) is 3.07. The number of imide groups is 1. The van der Waals surface area contributed by atoms with Crippen molar-refractivity contribution in [1.29, 1.82) is 0 Å². The zero-order valence-electron chi connectivity index (χ0n) is 17.6. The summed E-state index contributed by atoms with van der Waals surface area (Å²) < 4.78 is 24.6.